The number of carbonyl (C=O) groups excluding carboxylic acids is 2. The van der Waals surface area contributed by atoms with Gasteiger partial charge in [-0.2, -0.15) is 4.31 Å². The van der Waals surface area contributed by atoms with Gasteiger partial charge in [0, 0.05) is 31.0 Å². The highest BCUT2D eigenvalue weighted by Gasteiger charge is 2.30. The van der Waals surface area contributed by atoms with Gasteiger partial charge in [0.1, 0.15) is 11.3 Å². The number of phenolic OH excluding ortho intramolecular Hbond substituents is 1. The standard InChI is InChI=1S/C40H39N3O7S/c1-49-40(46)37-26-35(18-21-38(37)44)43(28-31-12-16-34(17-13-31)41-22-24-50-25-23-41)39(45)29-42(27-30-8-4-2-5-9-30)51(47,48)36-19-14-33(15-20-36)32-10-6-3-7-11-32/h2-21,26,44H,22-25,27-29H2,1H3. The van der Waals surface area contributed by atoms with Crippen LogP contribution in [0.2, 0.25) is 0 Å². The van der Waals surface area contributed by atoms with Gasteiger partial charge in [-0.1, -0.05) is 84.9 Å². The number of ether oxygens (including phenoxy) is 2. The lowest BCUT2D eigenvalue weighted by Crippen LogP contribution is -2.42. The Morgan fingerprint density at radius 1 is 0.765 bits per heavy atom. The number of esters is 1. The summed E-state index contributed by atoms with van der Waals surface area (Å²) in [6.07, 6.45) is 0. The summed E-state index contributed by atoms with van der Waals surface area (Å²) in [7, 11) is -2.98. The van der Waals surface area contributed by atoms with Gasteiger partial charge in [0.05, 0.1) is 38.3 Å². The smallest absolute Gasteiger partial charge is 0.341 e. The molecule has 262 valence electrons. The van der Waals surface area contributed by atoms with Crippen LogP contribution in [0, 0.1) is 0 Å². The van der Waals surface area contributed by atoms with Crippen LogP contribution in [-0.4, -0.2) is 69.7 Å². The van der Waals surface area contributed by atoms with Crippen LogP contribution in [0.15, 0.2) is 132 Å². The first-order chi connectivity index (χ1) is 24.7. The molecule has 1 amide bonds. The average Bonchev–Trinajstić information content (AvgIpc) is 3.18. The number of amides is 1. The monoisotopic (exact) mass is 705 g/mol. The van der Waals surface area contributed by atoms with E-state index in [2.05, 4.69) is 4.90 Å². The zero-order chi connectivity index (χ0) is 35.8. The van der Waals surface area contributed by atoms with E-state index in [1.54, 1.807) is 24.3 Å². The molecule has 0 saturated carbocycles. The number of carbonyl (C=O) groups is 2. The fourth-order valence-electron chi connectivity index (χ4n) is 5.95. The summed E-state index contributed by atoms with van der Waals surface area (Å²) in [5, 5.41) is 10.4. The minimum atomic E-state index is -4.18. The molecule has 1 N–H and O–H groups in total. The van der Waals surface area contributed by atoms with E-state index in [9.17, 15) is 23.1 Å². The zero-order valence-corrected chi connectivity index (χ0v) is 29.0. The van der Waals surface area contributed by atoms with Crippen LogP contribution in [0.5, 0.6) is 5.75 Å². The van der Waals surface area contributed by atoms with Crippen LogP contribution in [0.1, 0.15) is 21.5 Å². The second kappa shape index (κ2) is 16.0. The summed E-state index contributed by atoms with van der Waals surface area (Å²) >= 11 is 0. The van der Waals surface area contributed by atoms with Crippen molar-refractivity contribution in [2.24, 2.45) is 0 Å². The van der Waals surface area contributed by atoms with Crippen molar-refractivity contribution in [1.29, 1.82) is 0 Å². The summed E-state index contributed by atoms with van der Waals surface area (Å²) in [5.41, 5.74) is 4.49. The number of morpholine rings is 1. The minimum Gasteiger partial charge on any atom is -0.507 e. The number of hydrogen-bond donors (Lipinski definition) is 1. The molecule has 51 heavy (non-hydrogen) atoms. The molecule has 1 aliphatic rings. The van der Waals surface area contributed by atoms with Crippen LogP contribution in [0.25, 0.3) is 11.1 Å². The Kier molecular flexibility index (Phi) is 11.1. The van der Waals surface area contributed by atoms with Gasteiger partial charge in [0.2, 0.25) is 15.9 Å². The number of methoxy groups -OCH3 is 1. The number of benzene rings is 5. The SMILES string of the molecule is COC(=O)c1cc(N(Cc2ccc(N3CCOCC3)cc2)C(=O)CN(Cc2ccccc2)S(=O)(=O)c2ccc(-c3ccccc3)cc2)ccc1O. The third kappa shape index (κ3) is 8.46. The fraction of sp³-hybridized carbons (Fsp3) is 0.200. The molecule has 6 rings (SSSR count). The van der Waals surface area contributed by atoms with Gasteiger partial charge in [-0.3, -0.25) is 4.79 Å². The molecule has 1 aliphatic heterocycles. The molecule has 0 unspecified atom stereocenters. The van der Waals surface area contributed by atoms with E-state index in [-0.39, 0.29) is 29.3 Å². The van der Waals surface area contributed by atoms with Crippen molar-refractivity contribution in [3.05, 3.63) is 144 Å². The second-order valence-corrected chi connectivity index (χ2v) is 14.0. The van der Waals surface area contributed by atoms with Gasteiger partial charge >= 0.3 is 5.97 Å². The predicted molar refractivity (Wildman–Crippen MR) is 196 cm³/mol. The lowest BCUT2D eigenvalue weighted by atomic mass is 10.1. The van der Waals surface area contributed by atoms with E-state index in [0.29, 0.717) is 24.5 Å². The summed E-state index contributed by atoms with van der Waals surface area (Å²) in [6, 6.07) is 37.3. The highest BCUT2D eigenvalue weighted by Crippen LogP contribution is 2.29. The topological polar surface area (TPSA) is 117 Å². The molecule has 5 aromatic carbocycles. The van der Waals surface area contributed by atoms with Crippen LogP contribution < -0.4 is 9.80 Å². The Morgan fingerprint density at radius 2 is 1.37 bits per heavy atom. The molecule has 0 aromatic heterocycles. The minimum absolute atomic E-state index is 0.0498. The van der Waals surface area contributed by atoms with Crippen LogP contribution in [-0.2, 0) is 37.4 Å². The molecule has 0 aliphatic carbocycles. The van der Waals surface area contributed by atoms with E-state index in [1.807, 2.05) is 84.9 Å². The highest BCUT2D eigenvalue weighted by atomic mass is 32.2. The van der Waals surface area contributed by atoms with Crippen molar-refractivity contribution >= 4 is 33.3 Å². The molecule has 5 aromatic rings. The summed E-state index contributed by atoms with van der Waals surface area (Å²) < 4.78 is 40.1. The van der Waals surface area contributed by atoms with Crippen molar-refractivity contribution in [2.75, 3.05) is 49.8 Å². The number of aromatic hydroxyl groups is 1. The number of sulfonamides is 1. The molecule has 0 bridgehead atoms. The summed E-state index contributed by atoms with van der Waals surface area (Å²) in [5.74, 6) is -1.61. The Hall–Kier alpha value is -5.49. The normalized spacial score (nSPS) is 13.2. The number of anilines is 2. The van der Waals surface area contributed by atoms with Gasteiger partial charge in [0.25, 0.3) is 0 Å². The van der Waals surface area contributed by atoms with E-state index in [1.165, 1.54) is 34.5 Å². The molecular formula is C40H39N3O7S. The molecular weight excluding hydrogens is 667 g/mol. The highest BCUT2D eigenvalue weighted by molar-refractivity contribution is 7.89. The zero-order valence-electron chi connectivity index (χ0n) is 28.2. The van der Waals surface area contributed by atoms with Crippen molar-refractivity contribution in [2.45, 2.75) is 18.0 Å². The third-order valence-electron chi connectivity index (χ3n) is 8.76. The van der Waals surface area contributed by atoms with E-state index < -0.39 is 28.4 Å². The third-order valence-corrected chi connectivity index (χ3v) is 10.6. The summed E-state index contributed by atoms with van der Waals surface area (Å²) in [6.45, 7) is 2.35. The molecule has 1 heterocycles. The lowest BCUT2D eigenvalue weighted by Gasteiger charge is -2.30. The van der Waals surface area contributed by atoms with Gasteiger partial charge < -0.3 is 24.4 Å². The molecule has 10 nitrogen and oxygen atoms in total. The van der Waals surface area contributed by atoms with Gasteiger partial charge in [-0.25, -0.2) is 13.2 Å². The number of nitrogens with zero attached hydrogens (tertiary/aromatic N) is 3. The van der Waals surface area contributed by atoms with E-state index >= 15 is 0 Å². The molecule has 1 saturated heterocycles. The maximum absolute atomic E-state index is 14.4. The van der Waals surface area contributed by atoms with Crippen LogP contribution in [0.3, 0.4) is 0 Å². The first kappa shape index (κ1) is 35.3. The molecule has 1 fully saturated rings. The number of hydrogen-bond acceptors (Lipinski definition) is 8. The Labute approximate surface area is 298 Å². The number of rotatable bonds is 12. The van der Waals surface area contributed by atoms with Gasteiger partial charge in [-0.15, -0.1) is 0 Å². The molecule has 0 radical (unpaired) electrons. The molecule has 0 atom stereocenters. The fourth-order valence-corrected chi connectivity index (χ4v) is 7.33. The Morgan fingerprint density at radius 3 is 2.02 bits per heavy atom. The molecule has 11 heteroatoms. The lowest BCUT2D eigenvalue weighted by molar-refractivity contribution is -0.119. The maximum atomic E-state index is 14.4. The van der Waals surface area contributed by atoms with Crippen LogP contribution >= 0.6 is 0 Å². The Bertz CT molecular complexity index is 2050. The van der Waals surface area contributed by atoms with Crippen molar-refractivity contribution in [3.63, 3.8) is 0 Å². The van der Waals surface area contributed by atoms with Crippen molar-refractivity contribution in [3.8, 4) is 16.9 Å². The first-order valence-corrected chi connectivity index (χ1v) is 18.0. The Balaban J connectivity index is 1.34. The maximum Gasteiger partial charge on any atom is 0.341 e. The van der Waals surface area contributed by atoms with E-state index in [0.717, 1.165) is 35.5 Å². The van der Waals surface area contributed by atoms with Gasteiger partial charge in [-0.05, 0) is 64.7 Å². The average molecular weight is 706 g/mol. The first-order valence-electron chi connectivity index (χ1n) is 16.6. The predicted octanol–water partition coefficient (Wildman–Crippen LogP) is 6.11. The van der Waals surface area contributed by atoms with Crippen molar-refractivity contribution < 1.29 is 32.6 Å². The summed E-state index contributed by atoms with van der Waals surface area (Å²) in [4.78, 5) is 30.6. The quantitative estimate of drug-likeness (QED) is 0.155. The van der Waals surface area contributed by atoms with Crippen molar-refractivity contribution in [1.82, 2.24) is 4.31 Å². The second-order valence-electron chi connectivity index (χ2n) is 12.1. The van der Waals surface area contributed by atoms with Gasteiger partial charge in [0.15, 0.2) is 0 Å². The van der Waals surface area contributed by atoms with E-state index in [4.69, 9.17) is 9.47 Å². The number of phenols is 1. The largest absolute Gasteiger partial charge is 0.507 e. The van der Waals surface area contributed by atoms with Crippen LogP contribution in [0.4, 0.5) is 11.4 Å². The molecule has 0 spiro atoms.